The first-order valence-corrected chi connectivity index (χ1v) is 4.84. The summed E-state index contributed by atoms with van der Waals surface area (Å²) >= 11 is 0. The molecule has 1 aliphatic rings. The van der Waals surface area contributed by atoms with E-state index in [0.29, 0.717) is 6.04 Å². The second kappa shape index (κ2) is 4.58. The molecule has 0 aliphatic carbocycles. The second-order valence-corrected chi connectivity index (χ2v) is 3.87. The monoisotopic (exact) mass is 185 g/mol. The van der Waals surface area contributed by atoms with Gasteiger partial charge >= 0.3 is 0 Å². The average Bonchev–Trinajstić information content (AvgIpc) is 2.08. The van der Waals surface area contributed by atoms with Crippen LogP contribution in [-0.2, 0) is 4.79 Å². The van der Waals surface area contributed by atoms with E-state index in [1.807, 2.05) is 0 Å². The van der Waals surface area contributed by atoms with E-state index >= 15 is 0 Å². The minimum atomic E-state index is -0.389. The maximum atomic E-state index is 11.2. The van der Waals surface area contributed by atoms with Crippen LogP contribution in [0.2, 0.25) is 0 Å². The van der Waals surface area contributed by atoms with Gasteiger partial charge in [0.25, 0.3) is 0 Å². The molecule has 1 saturated heterocycles. The molecule has 0 bridgehead atoms. The van der Waals surface area contributed by atoms with Gasteiger partial charge in [-0.05, 0) is 39.9 Å². The molecule has 1 fully saturated rings. The van der Waals surface area contributed by atoms with Gasteiger partial charge in [-0.3, -0.25) is 4.79 Å². The molecule has 13 heavy (non-hydrogen) atoms. The largest absolute Gasteiger partial charge is 0.352 e. The van der Waals surface area contributed by atoms with Crippen molar-refractivity contribution in [3.8, 4) is 0 Å². The van der Waals surface area contributed by atoms with Crippen molar-refractivity contribution in [2.75, 3.05) is 20.1 Å². The molecule has 4 heteroatoms. The predicted octanol–water partition coefficient (Wildman–Crippen LogP) is -0.456. The zero-order chi connectivity index (χ0) is 9.84. The highest BCUT2D eigenvalue weighted by Gasteiger charge is 2.19. The lowest BCUT2D eigenvalue weighted by Crippen LogP contribution is -2.48. The quantitative estimate of drug-likeness (QED) is 0.612. The van der Waals surface area contributed by atoms with E-state index in [9.17, 15) is 4.79 Å². The van der Waals surface area contributed by atoms with Crippen molar-refractivity contribution < 1.29 is 4.79 Å². The van der Waals surface area contributed by atoms with Crippen LogP contribution in [0.4, 0.5) is 0 Å². The Hall–Kier alpha value is -0.610. The summed E-state index contributed by atoms with van der Waals surface area (Å²) in [5.74, 6) is -0.0328. The molecule has 0 aromatic heterocycles. The normalized spacial score (nSPS) is 22.7. The van der Waals surface area contributed by atoms with Crippen LogP contribution >= 0.6 is 0 Å². The number of carbonyl (C=O) groups is 1. The molecule has 0 spiro atoms. The molecular formula is C9H19N3O. The van der Waals surface area contributed by atoms with Gasteiger partial charge in [0.1, 0.15) is 0 Å². The maximum Gasteiger partial charge on any atom is 0.236 e. The lowest BCUT2D eigenvalue weighted by atomic mass is 10.1. The number of nitrogens with one attached hydrogen (secondary N) is 1. The fourth-order valence-electron chi connectivity index (χ4n) is 1.49. The maximum absolute atomic E-state index is 11.2. The number of amides is 1. The van der Waals surface area contributed by atoms with E-state index in [1.54, 1.807) is 6.92 Å². The number of hydrogen-bond donors (Lipinski definition) is 2. The van der Waals surface area contributed by atoms with Crippen molar-refractivity contribution >= 4 is 5.91 Å². The van der Waals surface area contributed by atoms with E-state index in [-0.39, 0.29) is 11.9 Å². The predicted molar refractivity (Wildman–Crippen MR) is 52.3 cm³/mol. The van der Waals surface area contributed by atoms with Gasteiger partial charge in [0.05, 0.1) is 6.04 Å². The van der Waals surface area contributed by atoms with Crippen molar-refractivity contribution in [1.82, 2.24) is 10.2 Å². The van der Waals surface area contributed by atoms with E-state index in [2.05, 4.69) is 17.3 Å². The van der Waals surface area contributed by atoms with Gasteiger partial charge in [-0.1, -0.05) is 0 Å². The van der Waals surface area contributed by atoms with Crippen LogP contribution in [0.25, 0.3) is 0 Å². The summed E-state index contributed by atoms with van der Waals surface area (Å²) in [6.45, 7) is 3.83. The van der Waals surface area contributed by atoms with Gasteiger partial charge in [-0.25, -0.2) is 0 Å². The summed E-state index contributed by atoms with van der Waals surface area (Å²) in [5, 5.41) is 2.95. The molecule has 0 radical (unpaired) electrons. The number of rotatable bonds is 2. The number of hydrogen-bond acceptors (Lipinski definition) is 3. The Labute approximate surface area is 79.5 Å². The van der Waals surface area contributed by atoms with Crippen LogP contribution in [-0.4, -0.2) is 43.0 Å². The lowest BCUT2D eigenvalue weighted by Gasteiger charge is -2.29. The number of piperidine rings is 1. The third-order valence-electron chi connectivity index (χ3n) is 2.48. The van der Waals surface area contributed by atoms with Gasteiger partial charge < -0.3 is 16.0 Å². The van der Waals surface area contributed by atoms with E-state index in [0.717, 1.165) is 25.9 Å². The Bertz CT molecular complexity index is 174. The Morgan fingerprint density at radius 1 is 1.54 bits per heavy atom. The standard InChI is InChI=1S/C9H19N3O/c1-7(10)9(13)11-8-3-5-12(2)6-4-8/h7-8H,3-6,10H2,1-2H3,(H,11,13)/t7-/m1/s1. The van der Waals surface area contributed by atoms with Gasteiger partial charge in [-0.2, -0.15) is 0 Å². The third kappa shape index (κ3) is 3.32. The van der Waals surface area contributed by atoms with Crippen molar-refractivity contribution in [2.24, 2.45) is 5.73 Å². The average molecular weight is 185 g/mol. The Morgan fingerprint density at radius 2 is 2.08 bits per heavy atom. The van der Waals surface area contributed by atoms with E-state index < -0.39 is 0 Å². The highest BCUT2D eigenvalue weighted by molar-refractivity contribution is 5.81. The fraction of sp³-hybridized carbons (Fsp3) is 0.889. The third-order valence-corrected chi connectivity index (χ3v) is 2.48. The smallest absolute Gasteiger partial charge is 0.236 e. The summed E-state index contributed by atoms with van der Waals surface area (Å²) in [6, 6.07) is -0.0608. The minimum absolute atomic E-state index is 0.0328. The van der Waals surface area contributed by atoms with Crippen molar-refractivity contribution in [3.63, 3.8) is 0 Å². The molecule has 1 amide bonds. The van der Waals surface area contributed by atoms with Crippen molar-refractivity contribution in [1.29, 1.82) is 0 Å². The first-order valence-electron chi connectivity index (χ1n) is 4.84. The topological polar surface area (TPSA) is 58.4 Å². The highest BCUT2D eigenvalue weighted by Crippen LogP contribution is 2.07. The van der Waals surface area contributed by atoms with Crippen molar-refractivity contribution in [2.45, 2.75) is 31.8 Å². The number of carbonyl (C=O) groups excluding carboxylic acids is 1. The molecule has 1 rings (SSSR count). The first-order chi connectivity index (χ1) is 6.09. The van der Waals surface area contributed by atoms with Crippen LogP contribution in [0, 0.1) is 0 Å². The molecule has 1 atom stereocenters. The minimum Gasteiger partial charge on any atom is -0.352 e. The SMILES string of the molecule is C[C@@H](N)C(=O)NC1CCN(C)CC1. The molecule has 0 aromatic carbocycles. The molecule has 3 N–H and O–H groups in total. The van der Waals surface area contributed by atoms with Gasteiger partial charge in [0, 0.05) is 6.04 Å². The zero-order valence-corrected chi connectivity index (χ0v) is 8.42. The van der Waals surface area contributed by atoms with Gasteiger partial charge in [0.2, 0.25) is 5.91 Å². The zero-order valence-electron chi connectivity index (χ0n) is 8.42. The van der Waals surface area contributed by atoms with Crippen LogP contribution in [0.1, 0.15) is 19.8 Å². The second-order valence-electron chi connectivity index (χ2n) is 3.87. The Kier molecular flexibility index (Phi) is 3.69. The van der Waals surface area contributed by atoms with E-state index in [4.69, 9.17) is 5.73 Å². The molecule has 0 unspecified atom stereocenters. The van der Waals surface area contributed by atoms with Gasteiger partial charge in [0.15, 0.2) is 0 Å². The summed E-state index contributed by atoms with van der Waals surface area (Å²) in [5.41, 5.74) is 5.46. The molecule has 1 heterocycles. The highest BCUT2D eigenvalue weighted by atomic mass is 16.2. The summed E-state index contributed by atoms with van der Waals surface area (Å²) < 4.78 is 0. The van der Waals surface area contributed by atoms with Crippen LogP contribution in [0.5, 0.6) is 0 Å². The molecule has 0 saturated carbocycles. The molecule has 4 nitrogen and oxygen atoms in total. The molecular weight excluding hydrogens is 166 g/mol. The first kappa shape index (κ1) is 10.5. The van der Waals surface area contributed by atoms with Crippen LogP contribution in [0.15, 0.2) is 0 Å². The van der Waals surface area contributed by atoms with Gasteiger partial charge in [-0.15, -0.1) is 0 Å². The Morgan fingerprint density at radius 3 is 2.54 bits per heavy atom. The lowest BCUT2D eigenvalue weighted by molar-refractivity contribution is -0.123. The van der Waals surface area contributed by atoms with Crippen LogP contribution in [0.3, 0.4) is 0 Å². The summed E-state index contributed by atoms with van der Waals surface area (Å²) in [6.07, 6.45) is 2.07. The number of nitrogens with zero attached hydrogens (tertiary/aromatic N) is 1. The molecule has 76 valence electrons. The Balaban J connectivity index is 2.26. The molecule has 0 aromatic rings. The number of nitrogens with two attached hydrogens (primary N) is 1. The van der Waals surface area contributed by atoms with Crippen molar-refractivity contribution in [3.05, 3.63) is 0 Å². The fourth-order valence-corrected chi connectivity index (χ4v) is 1.49. The molecule has 1 aliphatic heterocycles. The summed E-state index contributed by atoms with van der Waals surface area (Å²) in [4.78, 5) is 13.5. The number of likely N-dealkylation sites (tertiary alicyclic amines) is 1. The van der Waals surface area contributed by atoms with E-state index in [1.165, 1.54) is 0 Å². The summed E-state index contributed by atoms with van der Waals surface area (Å²) in [7, 11) is 2.10. The van der Waals surface area contributed by atoms with Crippen LogP contribution < -0.4 is 11.1 Å².